The summed E-state index contributed by atoms with van der Waals surface area (Å²) in [5.74, 6) is -1.38. The van der Waals surface area contributed by atoms with Crippen molar-refractivity contribution in [3.63, 3.8) is 0 Å². The zero-order chi connectivity index (χ0) is 23.0. The molecule has 0 spiro atoms. The van der Waals surface area contributed by atoms with Crippen LogP contribution in [0.1, 0.15) is 25.8 Å². The molecule has 2 aromatic carbocycles. The van der Waals surface area contributed by atoms with Gasteiger partial charge in [0.2, 0.25) is 21.8 Å². The molecule has 7 nitrogen and oxygen atoms in total. The first-order chi connectivity index (χ1) is 14.6. The van der Waals surface area contributed by atoms with Crippen LogP contribution in [0.15, 0.2) is 54.6 Å². The molecule has 0 heterocycles. The summed E-state index contributed by atoms with van der Waals surface area (Å²) < 4.78 is 38.9. The van der Waals surface area contributed by atoms with Crippen LogP contribution in [0.3, 0.4) is 0 Å². The molecule has 0 aliphatic heterocycles. The fraction of sp³-hybridized carbons (Fsp3) is 0.364. The molecule has 0 fully saturated rings. The van der Waals surface area contributed by atoms with Crippen LogP contribution >= 0.6 is 0 Å². The quantitative estimate of drug-likeness (QED) is 0.604. The third-order valence-electron chi connectivity index (χ3n) is 4.71. The Bertz CT molecular complexity index is 982. The first-order valence-electron chi connectivity index (χ1n) is 9.98. The van der Waals surface area contributed by atoms with E-state index in [1.54, 1.807) is 6.92 Å². The normalized spacial score (nSPS) is 12.1. The van der Waals surface area contributed by atoms with E-state index in [2.05, 4.69) is 5.32 Å². The second-order valence-electron chi connectivity index (χ2n) is 7.22. The van der Waals surface area contributed by atoms with Crippen molar-refractivity contribution in [3.8, 4) is 0 Å². The second-order valence-corrected chi connectivity index (χ2v) is 9.13. The highest BCUT2D eigenvalue weighted by Gasteiger charge is 2.29. The maximum atomic E-state index is 13.3. The lowest BCUT2D eigenvalue weighted by Gasteiger charge is -2.31. The van der Waals surface area contributed by atoms with E-state index < -0.39 is 34.3 Å². The van der Waals surface area contributed by atoms with Gasteiger partial charge in [0.15, 0.2) is 0 Å². The number of amides is 2. The van der Waals surface area contributed by atoms with E-state index in [0.29, 0.717) is 6.54 Å². The van der Waals surface area contributed by atoms with Gasteiger partial charge in [-0.15, -0.1) is 0 Å². The van der Waals surface area contributed by atoms with Gasteiger partial charge in [-0.1, -0.05) is 37.3 Å². The Hall–Kier alpha value is -2.94. The molecule has 0 unspecified atom stereocenters. The largest absolute Gasteiger partial charge is 0.354 e. The maximum absolute atomic E-state index is 13.3. The summed E-state index contributed by atoms with van der Waals surface area (Å²) in [6.45, 7) is 3.63. The van der Waals surface area contributed by atoms with Gasteiger partial charge < -0.3 is 10.2 Å². The maximum Gasteiger partial charge on any atom is 0.244 e. The Balaban J connectivity index is 2.32. The van der Waals surface area contributed by atoms with Crippen LogP contribution in [0.4, 0.5) is 10.1 Å². The van der Waals surface area contributed by atoms with Crippen LogP contribution in [0, 0.1) is 5.82 Å². The Morgan fingerprint density at radius 1 is 1.06 bits per heavy atom. The Labute approximate surface area is 182 Å². The van der Waals surface area contributed by atoms with E-state index in [4.69, 9.17) is 0 Å². The minimum absolute atomic E-state index is 0.140. The van der Waals surface area contributed by atoms with Gasteiger partial charge in [-0.3, -0.25) is 13.9 Å². The standard InChI is InChI=1S/C22H28FN3O4S/c1-4-14-24-22(28)17(2)25(15-18-8-6-5-7-9-18)21(27)16-26(31(3,29)30)20-12-10-19(23)11-13-20/h5-13,17H,4,14-16H2,1-3H3,(H,24,28)/t17-/m1/s1. The lowest BCUT2D eigenvalue weighted by atomic mass is 10.1. The molecule has 9 heteroatoms. The van der Waals surface area contributed by atoms with Crippen LogP contribution in [0.2, 0.25) is 0 Å². The molecule has 31 heavy (non-hydrogen) atoms. The SMILES string of the molecule is CCCNC(=O)[C@@H](C)N(Cc1ccccc1)C(=O)CN(c1ccc(F)cc1)S(C)(=O)=O. The molecule has 2 aromatic rings. The molecule has 2 amide bonds. The summed E-state index contributed by atoms with van der Waals surface area (Å²) >= 11 is 0. The summed E-state index contributed by atoms with van der Waals surface area (Å²) in [7, 11) is -3.83. The zero-order valence-electron chi connectivity index (χ0n) is 17.9. The smallest absolute Gasteiger partial charge is 0.244 e. The average Bonchev–Trinajstić information content (AvgIpc) is 2.74. The van der Waals surface area contributed by atoms with Gasteiger partial charge in [-0.05, 0) is 43.2 Å². The first-order valence-corrected chi connectivity index (χ1v) is 11.8. The highest BCUT2D eigenvalue weighted by atomic mass is 32.2. The highest BCUT2D eigenvalue weighted by Crippen LogP contribution is 2.19. The summed E-state index contributed by atoms with van der Waals surface area (Å²) in [5.41, 5.74) is 0.971. The van der Waals surface area contributed by atoms with Gasteiger partial charge in [-0.25, -0.2) is 12.8 Å². The topological polar surface area (TPSA) is 86.8 Å². The summed E-state index contributed by atoms with van der Waals surface area (Å²) in [4.78, 5) is 27.1. The lowest BCUT2D eigenvalue weighted by Crippen LogP contribution is -2.51. The molecule has 0 bridgehead atoms. The monoisotopic (exact) mass is 449 g/mol. The molecule has 0 aliphatic rings. The third kappa shape index (κ3) is 7.06. The Morgan fingerprint density at radius 3 is 2.23 bits per heavy atom. The molecular formula is C22H28FN3O4S. The van der Waals surface area contributed by atoms with Crippen molar-refractivity contribution in [2.75, 3.05) is 23.7 Å². The van der Waals surface area contributed by atoms with Gasteiger partial charge in [0.25, 0.3) is 0 Å². The number of nitrogens with zero attached hydrogens (tertiary/aromatic N) is 2. The number of carbonyl (C=O) groups is 2. The van der Waals surface area contributed by atoms with Crippen molar-refractivity contribution < 1.29 is 22.4 Å². The van der Waals surface area contributed by atoms with E-state index in [0.717, 1.165) is 34.7 Å². The van der Waals surface area contributed by atoms with Crippen molar-refractivity contribution >= 4 is 27.5 Å². The summed E-state index contributed by atoms with van der Waals surface area (Å²) in [6, 6.07) is 13.2. The van der Waals surface area contributed by atoms with Crippen LogP contribution in [0.5, 0.6) is 0 Å². The minimum atomic E-state index is -3.83. The van der Waals surface area contributed by atoms with Crippen molar-refractivity contribution in [2.45, 2.75) is 32.9 Å². The number of hydrogen-bond acceptors (Lipinski definition) is 4. The summed E-state index contributed by atoms with van der Waals surface area (Å²) in [5, 5.41) is 2.77. The summed E-state index contributed by atoms with van der Waals surface area (Å²) in [6.07, 6.45) is 1.72. The Morgan fingerprint density at radius 2 is 1.68 bits per heavy atom. The number of benzene rings is 2. The third-order valence-corrected chi connectivity index (χ3v) is 5.85. The van der Waals surface area contributed by atoms with Crippen molar-refractivity contribution in [1.82, 2.24) is 10.2 Å². The molecular weight excluding hydrogens is 421 g/mol. The van der Waals surface area contributed by atoms with E-state index >= 15 is 0 Å². The van der Waals surface area contributed by atoms with Crippen LogP contribution in [0.25, 0.3) is 0 Å². The van der Waals surface area contributed by atoms with Gasteiger partial charge >= 0.3 is 0 Å². The van der Waals surface area contributed by atoms with Gasteiger partial charge in [0.1, 0.15) is 18.4 Å². The van der Waals surface area contributed by atoms with E-state index in [1.165, 1.54) is 17.0 Å². The average molecular weight is 450 g/mol. The number of anilines is 1. The van der Waals surface area contributed by atoms with E-state index in [-0.39, 0.29) is 18.1 Å². The molecule has 0 aromatic heterocycles. The predicted molar refractivity (Wildman–Crippen MR) is 118 cm³/mol. The molecule has 168 valence electrons. The molecule has 0 saturated heterocycles. The van der Waals surface area contributed by atoms with Gasteiger partial charge in [0.05, 0.1) is 11.9 Å². The number of carbonyl (C=O) groups excluding carboxylic acids is 2. The van der Waals surface area contributed by atoms with E-state index in [1.807, 2.05) is 37.3 Å². The fourth-order valence-electron chi connectivity index (χ4n) is 2.98. The molecule has 2 rings (SSSR count). The number of rotatable bonds is 10. The predicted octanol–water partition coefficient (Wildman–Crippen LogP) is 2.54. The Kier molecular flexibility index (Phi) is 8.56. The molecule has 0 radical (unpaired) electrons. The van der Waals surface area contributed by atoms with Crippen LogP contribution in [-0.4, -0.2) is 50.5 Å². The first kappa shape index (κ1) is 24.3. The molecule has 1 N–H and O–H groups in total. The molecule has 0 aliphatic carbocycles. The number of halogens is 1. The van der Waals surface area contributed by atoms with Crippen molar-refractivity contribution in [2.24, 2.45) is 0 Å². The van der Waals surface area contributed by atoms with Crippen LogP contribution in [-0.2, 0) is 26.2 Å². The molecule has 1 atom stereocenters. The molecule has 0 saturated carbocycles. The number of hydrogen-bond donors (Lipinski definition) is 1. The van der Waals surface area contributed by atoms with E-state index in [9.17, 15) is 22.4 Å². The van der Waals surface area contributed by atoms with Crippen molar-refractivity contribution in [3.05, 3.63) is 66.0 Å². The number of sulfonamides is 1. The van der Waals surface area contributed by atoms with Crippen LogP contribution < -0.4 is 9.62 Å². The highest BCUT2D eigenvalue weighted by molar-refractivity contribution is 7.92. The fourth-order valence-corrected chi connectivity index (χ4v) is 3.83. The van der Waals surface area contributed by atoms with Gasteiger partial charge in [0, 0.05) is 13.1 Å². The minimum Gasteiger partial charge on any atom is -0.354 e. The lowest BCUT2D eigenvalue weighted by molar-refractivity contribution is -0.139. The number of nitrogens with one attached hydrogen (secondary N) is 1. The van der Waals surface area contributed by atoms with Gasteiger partial charge in [-0.2, -0.15) is 0 Å². The van der Waals surface area contributed by atoms with Crippen molar-refractivity contribution in [1.29, 1.82) is 0 Å². The second kappa shape index (κ2) is 10.9. The zero-order valence-corrected chi connectivity index (χ0v) is 18.7.